The lowest BCUT2D eigenvalue weighted by molar-refractivity contribution is -0.173. The Labute approximate surface area is 244 Å². The number of carbonyl (C=O) groups is 5. The SMILES string of the molecule is C/C=C\C(C(=O)N[C@H]1C(=O)N2C(C(=O)OCOC(=O)C(C)(C)C)=C(COC(N)=O)CS[C@@H]12)c1csc(N)n1.Cl.O. The summed E-state index contributed by atoms with van der Waals surface area (Å²) in [5, 5.41) is 4.07. The van der Waals surface area contributed by atoms with E-state index >= 15 is 0 Å². The van der Waals surface area contributed by atoms with Gasteiger partial charge in [0, 0.05) is 16.7 Å². The lowest BCUT2D eigenvalue weighted by Gasteiger charge is -2.49. The second-order valence-electron chi connectivity index (χ2n) is 9.30. The molecule has 222 valence electrons. The smallest absolute Gasteiger partial charge is 0.404 e. The van der Waals surface area contributed by atoms with E-state index in [1.54, 1.807) is 45.2 Å². The van der Waals surface area contributed by atoms with E-state index in [4.69, 9.17) is 25.7 Å². The first-order valence-electron chi connectivity index (χ1n) is 11.4. The van der Waals surface area contributed by atoms with E-state index in [1.165, 1.54) is 23.1 Å². The molecule has 0 spiro atoms. The number of halogens is 1. The normalized spacial score (nSPS) is 18.9. The van der Waals surface area contributed by atoms with Gasteiger partial charge < -0.3 is 36.5 Å². The van der Waals surface area contributed by atoms with Crippen molar-refractivity contribution in [2.45, 2.75) is 45.0 Å². The van der Waals surface area contributed by atoms with E-state index in [9.17, 15) is 24.0 Å². The van der Waals surface area contributed by atoms with Crippen molar-refractivity contribution >= 4 is 70.5 Å². The number of aromatic nitrogens is 1. The molecule has 0 aliphatic carbocycles. The van der Waals surface area contributed by atoms with Crippen LogP contribution in [-0.4, -0.2) is 75.8 Å². The van der Waals surface area contributed by atoms with Crippen LogP contribution < -0.4 is 16.8 Å². The number of ether oxygens (including phenoxy) is 3. The van der Waals surface area contributed by atoms with Crippen LogP contribution in [0.5, 0.6) is 0 Å². The van der Waals surface area contributed by atoms with E-state index in [0.29, 0.717) is 10.8 Å². The maximum atomic E-state index is 13.2. The molecule has 17 heteroatoms. The number of esters is 2. The van der Waals surface area contributed by atoms with Gasteiger partial charge in [0.05, 0.1) is 17.0 Å². The number of nitrogen functional groups attached to an aromatic ring is 1. The van der Waals surface area contributed by atoms with Gasteiger partial charge in [0.2, 0.25) is 12.7 Å². The summed E-state index contributed by atoms with van der Waals surface area (Å²) in [5.41, 5.74) is 10.5. The van der Waals surface area contributed by atoms with Gasteiger partial charge in [0.1, 0.15) is 23.7 Å². The van der Waals surface area contributed by atoms with Crippen molar-refractivity contribution in [2.24, 2.45) is 11.1 Å². The molecule has 0 saturated carbocycles. The summed E-state index contributed by atoms with van der Waals surface area (Å²) < 4.78 is 14.9. The molecule has 1 fully saturated rings. The molecule has 1 saturated heterocycles. The third-order valence-electron chi connectivity index (χ3n) is 5.45. The fourth-order valence-corrected chi connectivity index (χ4v) is 5.49. The van der Waals surface area contributed by atoms with Gasteiger partial charge >= 0.3 is 18.0 Å². The predicted octanol–water partition coefficient (Wildman–Crippen LogP) is 0.821. The third kappa shape index (κ3) is 7.87. The first-order valence-corrected chi connectivity index (χ1v) is 13.3. The fourth-order valence-electron chi connectivity index (χ4n) is 3.56. The molecular formula is C23H32ClN5O9S2. The van der Waals surface area contributed by atoms with Crippen LogP contribution in [-0.2, 0) is 33.4 Å². The summed E-state index contributed by atoms with van der Waals surface area (Å²) >= 11 is 2.45. The van der Waals surface area contributed by atoms with Crippen molar-refractivity contribution in [3.63, 3.8) is 0 Å². The van der Waals surface area contributed by atoms with E-state index in [0.717, 1.165) is 4.90 Å². The standard InChI is InChI=1S/C23H29N5O8S2.ClH.H2O/c1-5-6-12(13-9-38-21(24)26-13)16(29)27-14-17(30)28-15(11(7-34-22(25)33)8-37-18(14)28)19(31)35-10-36-20(32)23(2,3)4;;/h5-6,9,12,14,18H,7-8,10H2,1-4H3,(H2,24,26)(H2,25,33)(H,27,29);1H;1H2/b6-5-;;/t12?,14-,18-;;/m0../s1. The highest BCUT2D eigenvalue weighted by molar-refractivity contribution is 8.00. The number of primary amides is 1. The minimum absolute atomic E-state index is 0. The number of β-lactam (4-membered cyclic amide) rings is 1. The largest absolute Gasteiger partial charge is 0.445 e. The molecule has 1 unspecified atom stereocenters. The lowest BCUT2D eigenvalue weighted by atomic mass is 9.98. The molecule has 3 atom stereocenters. The second kappa shape index (κ2) is 14.3. The molecule has 0 aromatic carbocycles. The van der Waals surface area contributed by atoms with Crippen LogP contribution >= 0.6 is 35.5 Å². The van der Waals surface area contributed by atoms with Crippen molar-refractivity contribution in [1.29, 1.82) is 0 Å². The number of anilines is 1. The average Bonchev–Trinajstić information content (AvgIpc) is 3.28. The molecule has 40 heavy (non-hydrogen) atoms. The third-order valence-corrected chi connectivity index (χ3v) is 7.48. The van der Waals surface area contributed by atoms with Gasteiger partial charge in [-0.1, -0.05) is 12.2 Å². The summed E-state index contributed by atoms with van der Waals surface area (Å²) in [4.78, 5) is 67.6. The Bertz CT molecular complexity index is 1200. The van der Waals surface area contributed by atoms with Crippen molar-refractivity contribution in [3.8, 4) is 0 Å². The van der Waals surface area contributed by atoms with Crippen LogP contribution in [0.2, 0.25) is 0 Å². The van der Waals surface area contributed by atoms with Gasteiger partial charge in [0.25, 0.3) is 5.91 Å². The highest BCUT2D eigenvalue weighted by atomic mass is 35.5. The molecule has 0 radical (unpaired) electrons. The fraction of sp³-hybridized carbons (Fsp3) is 0.478. The maximum Gasteiger partial charge on any atom is 0.404 e. The predicted molar refractivity (Wildman–Crippen MR) is 149 cm³/mol. The first-order chi connectivity index (χ1) is 17.8. The minimum atomic E-state index is -1.06. The molecule has 3 amide bonds. The van der Waals surface area contributed by atoms with Crippen molar-refractivity contribution in [1.82, 2.24) is 15.2 Å². The molecule has 3 rings (SSSR count). The zero-order valence-corrected chi connectivity index (χ0v) is 24.6. The van der Waals surface area contributed by atoms with Crippen molar-refractivity contribution in [2.75, 3.05) is 24.9 Å². The number of carbonyl (C=O) groups excluding carboxylic acids is 5. The van der Waals surface area contributed by atoms with Gasteiger partial charge in [-0.3, -0.25) is 19.3 Å². The summed E-state index contributed by atoms with van der Waals surface area (Å²) in [6, 6.07) is -0.934. The molecule has 14 nitrogen and oxygen atoms in total. The summed E-state index contributed by atoms with van der Waals surface area (Å²) in [7, 11) is 0. The average molecular weight is 622 g/mol. The van der Waals surface area contributed by atoms with Crippen LogP contribution in [0.1, 0.15) is 39.3 Å². The molecule has 2 aliphatic rings. The van der Waals surface area contributed by atoms with Gasteiger partial charge in [-0.15, -0.1) is 35.5 Å². The number of nitrogens with two attached hydrogens (primary N) is 2. The molecule has 1 aromatic rings. The van der Waals surface area contributed by atoms with Gasteiger partial charge in [0.15, 0.2) is 5.13 Å². The number of hydrogen-bond acceptors (Lipinski definition) is 12. The number of hydrogen-bond donors (Lipinski definition) is 3. The molecule has 0 bridgehead atoms. The monoisotopic (exact) mass is 621 g/mol. The van der Waals surface area contributed by atoms with Crippen LogP contribution in [0, 0.1) is 5.41 Å². The van der Waals surface area contributed by atoms with Crippen LogP contribution in [0.4, 0.5) is 9.93 Å². The lowest BCUT2D eigenvalue weighted by Crippen LogP contribution is -2.71. The first kappa shape index (κ1) is 34.7. The minimum Gasteiger partial charge on any atom is -0.445 e. The molecular weight excluding hydrogens is 590 g/mol. The Morgan fingerprint density at radius 3 is 2.48 bits per heavy atom. The van der Waals surface area contributed by atoms with E-state index < -0.39 is 59.4 Å². The van der Waals surface area contributed by atoms with Crippen LogP contribution in [0.3, 0.4) is 0 Å². The van der Waals surface area contributed by atoms with Crippen molar-refractivity contribution in [3.05, 3.63) is 34.5 Å². The number of amides is 3. The quantitative estimate of drug-likeness (QED) is 0.151. The number of rotatable bonds is 9. The van der Waals surface area contributed by atoms with Crippen LogP contribution in [0.15, 0.2) is 28.8 Å². The van der Waals surface area contributed by atoms with Gasteiger partial charge in [-0.25, -0.2) is 14.6 Å². The zero-order valence-electron chi connectivity index (χ0n) is 22.1. The summed E-state index contributed by atoms with van der Waals surface area (Å²) in [6.07, 6.45) is 2.27. The van der Waals surface area contributed by atoms with Crippen LogP contribution in [0.25, 0.3) is 0 Å². The molecule has 2 aliphatic heterocycles. The molecule has 7 N–H and O–H groups in total. The Kier molecular flexibility index (Phi) is 12.4. The van der Waals surface area contributed by atoms with E-state index in [1.807, 2.05) is 0 Å². The summed E-state index contributed by atoms with van der Waals surface area (Å²) in [5.74, 6) is -3.15. The Morgan fingerprint density at radius 2 is 1.93 bits per heavy atom. The highest BCUT2D eigenvalue weighted by Crippen LogP contribution is 2.41. The number of nitrogens with zero attached hydrogens (tertiary/aromatic N) is 2. The molecule has 3 heterocycles. The van der Waals surface area contributed by atoms with E-state index in [2.05, 4.69) is 10.3 Å². The number of allylic oxidation sites excluding steroid dienone is 1. The Hall–Kier alpha value is -3.34. The number of fused-ring (bicyclic) bond motifs is 1. The zero-order chi connectivity index (χ0) is 28.2. The van der Waals surface area contributed by atoms with Gasteiger partial charge in [-0.2, -0.15) is 0 Å². The Balaban J connectivity index is 0.00000400. The van der Waals surface area contributed by atoms with E-state index in [-0.39, 0.29) is 41.5 Å². The number of thioether (sulfide) groups is 1. The topological polar surface area (TPSA) is 225 Å². The number of thiazole rings is 1. The number of nitrogens with one attached hydrogen (secondary N) is 1. The van der Waals surface area contributed by atoms with Gasteiger partial charge in [-0.05, 0) is 27.7 Å². The molecule has 1 aromatic heterocycles. The summed E-state index contributed by atoms with van der Waals surface area (Å²) in [6.45, 7) is 5.64. The maximum absolute atomic E-state index is 13.2. The highest BCUT2D eigenvalue weighted by Gasteiger charge is 2.55. The van der Waals surface area contributed by atoms with Crippen molar-refractivity contribution < 1.29 is 43.7 Å². The second-order valence-corrected chi connectivity index (χ2v) is 11.3. The Morgan fingerprint density at radius 1 is 1.25 bits per heavy atom.